The number of benzene rings is 1. The molecule has 0 atom stereocenters. The quantitative estimate of drug-likeness (QED) is 0.910. The molecular formula is C13H14F3N3OS. The SMILES string of the molecule is CC(C)NCc1nnc(Oc2cccc(C(F)(F)F)c2)s1. The van der Waals surface area contributed by atoms with Gasteiger partial charge in [0.05, 0.1) is 12.1 Å². The van der Waals surface area contributed by atoms with Gasteiger partial charge in [-0.15, -0.1) is 5.10 Å². The van der Waals surface area contributed by atoms with Gasteiger partial charge in [0, 0.05) is 6.04 Å². The molecule has 0 aliphatic heterocycles. The van der Waals surface area contributed by atoms with E-state index in [4.69, 9.17) is 4.74 Å². The Hall–Kier alpha value is -1.67. The van der Waals surface area contributed by atoms with Gasteiger partial charge in [-0.25, -0.2) is 0 Å². The van der Waals surface area contributed by atoms with Gasteiger partial charge in [0.2, 0.25) is 0 Å². The summed E-state index contributed by atoms with van der Waals surface area (Å²) in [5.74, 6) is 0.0874. The maximum atomic E-state index is 12.6. The van der Waals surface area contributed by atoms with Crippen molar-refractivity contribution in [2.75, 3.05) is 0 Å². The van der Waals surface area contributed by atoms with Gasteiger partial charge in [0.1, 0.15) is 10.8 Å². The molecule has 1 aromatic carbocycles. The van der Waals surface area contributed by atoms with E-state index in [-0.39, 0.29) is 10.9 Å². The van der Waals surface area contributed by atoms with E-state index in [9.17, 15) is 13.2 Å². The van der Waals surface area contributed by atoms with Crippen molar-refractivity contribution in [1.82, 2.24) is 15.5 Å². The van der Waals surface area contributed by atoms with E-state index >= 15 is 0 Å². The summed E-state index contributed by atoms with van der Waals surface area (Å²) >= 11 is 1.19. The fourth-order valence-corrected chi connectivity index (χ4v) is 2.14. The van der Waals surface area contributed by atoms with Gasteiger partial charge in [0.25, 0.3) is 5.19 Å². The van der Waals surface area contributed by atoms with Crippen LogP contribution in [0.25, 0.3) is 0 Å². The predicted molar refractivity (Wildman–Crippen MR) is 73.4 cm³/mol. The largest absolute Gasteiger partial charge is 0.430 e. The first kappa shape index (κ1) is 15.7. The van der Waals surface area contributed by atoms with Gasteiger partial charge < -0.3 is 10.1 Å². The molecule has 0 unspecified atom stereocenters. The summed E-state index contributed by atoms with van der Waals surface area (Å²) in [6.07, 6.45) is -4.40. The normalized spacial score (nSPS) is 11.9. The molecule has 0 amide bonds. The fourth-order valence-electron chi connectivity index (χ4n) is 1.48. The highest BCUT2D eigenvalue weighted by molar-refractivity contribution is 7.13. The highest BCUT2D eigenvalue weighted by Crippen LogP contribution is 2.33. The Morgan fingerprint density at radius 1 is 1.29 bits per heavy atom. The molecule has 1 heterocycles. The lowest BCUT2D eigenvalue weighted by molar-refractivity contribution is -0.137. The van der Waals surface area contributed by atoms with E-state index < -0.39 is 11.7 Å². The molecule has 2 rings (SSSR count). The number of hydrogen-bond donors (Lipinski definition) is 1. The predicted octanol–water partition coefficient (Wildman–Crippen LogP) is 3.85. The van der Waals surface area contributed by atoms with Crippen molar-refractivity contribution in [2.24, 2.45) is 0 Å². The number of aromatic nitrogens is 2. The van der Waals surface area contributed by atoms with Gasteiger partial charge in [-0.2, -0.15) is 13.2 Å². The van der Waals surface area contributed by atoms with Crippen molar-refractivity contribution < 1.29 is 17.9 Å². The third-order valence-electron chi connectivity index (χ3n) is 2.48. The Labute approximate surface area is 124 Å². The van der Waals surface area contributed by atoms with Crippen molar-refractivity contribution in [3.63, 3.8) is 0 Å². The third-order valence-corrected chi connectivity index (χ3v) is 3.28. The number of nitrogens with one attached hydrogen (secondary N) is 1. The molecule has 0 bridgehead atoms. The van der Waals surface area contributed by atoms with Gasteiger partial charge >= 0.3 is 6.18 Å². The van der Waals surface area contributed by atoms with Crippen molar-refractivity contribution in [3.05, 3.63) is 34.8 Å². The van der Waals surface area contributed by atoms with Gasteiger partial charge in [0.15, 0.2) is 0 Å². The van der Waals surface area contributed by atoms with Crippen LogP contribution in [0.1, 0.15) is 24.4 Å². The number of alkyl halides is 3. The summed E-state index contributed by atoms with van der Waals surface area (Å²) < 4.78 is 43.1. The van der Waals surface area contributed by atoms with Crippen LogP contribution >= 0.6 is 11.3 Å². The second-order valence-corrected chi connectivity index (χ2v) is 5.65. The standard InChI is InChI=1S/C13H14F3N3OS/c1-8(2)17-7-11-18-19-12(21-11)20-10-5-3-4-9(6-10)13(14,15)16/h3-6,8,17H,7H2,1-2H3. The third kappa shape index (κ3) is 4.68. The van der Waals surface area contributed by atoms with Gasteiger partial charge in [-0.05, 0) is 18.2 Å². The van der Waals surface area contributed by atoms with Crippen molar-refractivity contribution in [2.45, 2.75) is 32.6 Å². The van der Waals surface area contributed by atoms with Crippen molar-refractivity contribution >= 4 is 11.3 Å². The number of ether oxygens (including phenoxy) is 1. The lowest BCUT2D eigenvalue weighted by Gasteiger charge is -2.08. The number of nitrogens with zero attached hydrogens (tertiary/aromatic N) is 2. The van der Waals surface area contributed by atoms with E-state index in [1.54, 1.807) is 0 Å². The lowest BCUT2D eigenvalue weighted by Crippen LogP contribution is -2.21. The second kappa shape index (κ2) is 6.40. The maximum Gasteiger partial charge on any atom is 0.416 e. The molecule has 4 nitrogen and oxygen atoms in total. The van der Waals surface area contributed by atoms with Crippen LogP contribution in [0.3, 0.4) is 0 Å². The molecule has 0 aliphatic rings. The van der Waals surface area contributed by atoms with Crippen molar-refractivity contribution in [3.8, 4) is 10.9 Å². The summed E-state index contributed by atoms with van der Waals surface area (Å²) in [6.45, 7) is 4.55. The minimum atomic E-state index is -4.40. The summed E-state index contributed by atoms with van der Waals surface area (Å²) in [5, 5.41) is 11.8. The topological polar surface area (TPSA) is 47.0 Å². The Kier molecular flexibility index (Phi) is 4.79. The number of hydrogen-bond acceptors (Lipinski definition) is 5. The van der Waals surface area contributed by atoms with E-state index in [1.165, 1.54) is 23.5 Å². The Balaban J connectivity index is 2.05. The second-order valence-electron chi connectivity index (χ2n) is 4.62. The molecule has 0 aliphatic carbocycles. The average Bonchev–Trinajstić information content (AvgIpc) is 2.83. The maximum absolute atomic E-state index is 12.6. The first-order valence-electron chi connectivity index (χ1n) is 6.25. The monoisotopic (exact) mass is 317 g/mol. The molecule has 1 aromatic heterocycles. The zero-order valence-electron chi connectivity index (χ0n) is 11.4. The Morgan fingerprint density at radius 2 is 2.05 bits per heavy atom. The molecule has 1 N–H and O–H groups in total. The van der Waals surface area contributed by atoms with Crippen LogP contribution in [-0.4, -0.2) is 16.2 Å². The van der Waals surface area contributed by atoms with Gasteiger partial charge in [-0.3, -0.25) is 0 Å². The minimum absolute atomic E-state index is 0.0874. The molecule has 0 saturated heterocycles. The molecule has 0 fully saturated rings. The molecule has 0 radical (unpaired) electrons. The van der Waals surface area contributed by atoms with Crippen LogP contribution in [0.4, 0.5) is 13.2 Å². The zero-order valence-corrected chi connectivity index (χ0v) is 12.3. The fraction of sp³-hybridized carbons (Fsp3) is 0.385. The van der Waals surface area contributed by atoms with E-state index in [0.29, 0.717) is 17.6 Å². The summed E-state index contributed by atoms with van der Waals surface area (Å²) in [5.41, 5.74) is -0.758. The highest BCUT2D eigenvalue weighted by atomic mass is 32.1. The smallest absolute Gasteiger partial charge is 0.416 e. The molecule has 0 spiro atoms. The average molecular weight is 317 g/mol. The molecule has 21 heavy (non-hydrogen) atoms. The van der Waals surface area contributed by atoms with Crippen LogP contribution < -0.4 is 10.1 Å². The molecule has 0 saturated carbocycles. The van der Waals surface area contributed by atoms with E-state index in [1.807, 2.05) is 13.8 Å². The van der Waals surface area contributed by atoms with Crippen molar-refractivity contribution in [1.29, 1.82) is 0 Å². The van der Waals surface area contributed by atoms with Crippen LogP contribution in [0.15, 0.2) is 24.3 Å². The van der Waals surface area contributed by atoms with Crippen LogP contribution in [0.2, 0.25) is 0 Å². The molecular weight excluding hydrogens is 303 g/mol. The van der Waals surface area contributed by atoms with Crippen LogP contribution in [-0.2, 0) is 12.7 Å². The summed E-state index contributed by atoms with van der Waals surface area (Å²) in [6, 6.07) is 4.98. The Bertz CT molecular complexity index is 598. The van der Waals surface area contributed by atoms with Crippen LogP contribution in [0.5, 0.6) is 10.9 Å². The number of rotatable bonds is 5. The summed E-state index contributed by atoms with van der Waals surface area (Å²) in [7, 11) is 0. The molecule has 8 heteroatoms. The lowest BCUT2D eigenvalue weighted by atomic mass is 10.2. The molecule has 2 aromatic rings. The first-order valence-corrected chi connectivity index (χ1v) is 7.07. The zero-order chi connectivity index (χ0) is 15.5. The highest BCUT2D eigenvalue weighted by Gasteiger charge is 2.30. The van der Waals surface area contributed by atoms with Gasteiger partial charge in [-0.1, -0.05) is 36.3 Å². The van der Waals surface area contributed by atoms with E-state index in [0.717, 1.165) is 12.1 Å². The summed E-state index contributed by atoms with van der Waals surface area (Å²) in [4.78, 5) is 0. The Morgan fingerprint density at radius 3 is 2.71 bits per heavy atom. The first-order chi connectivity index (χ1) is 9.84. The minimum Gasteiger partial charge on any atom is -0.430 e. The molecule has 114 valence electrons. The number of halogens is 3. The van der Waals surface area contributed by atoms with E-state index in [2.05, 4.69) is 15.5 Å². The van der Waals surface area contributed by atoms with Crippen LogP contribution in [0, 0.1) is 0 Å².